The van der Waals surface area contributed by atoms with Gasteiger partial charge in [-0.15, -0.1) is 0 Å². The molecule has 3 rings (SSSR count). The average Bonchev–Trinajstić information content (AvgIpc) is 3.16. The van der Waals surface area contributed by atoms with Crippen molar-refractivity contribution in [1.82, 2.24) is 15.3 Å². The molecule has 26 heavy (non-hydrogen) atoms. The highest BCUT2D eigenvalue weighted by Gasteiger charge is 2.22. The number of hydrogen-bond donors (Lipinski definition) is 2. The van der Waals surface area contributed by atoms with Crippen molar-refractivity contribution in [2.75, 3.05) is 6.54 Å². The maximum atomic E-state index is 12.0. The normalized spacial score (nSPS) is 16.1. The number of nitrogens with zero attached hydrogens (tertiary/aromatic N) is 1. The molecule has 5 heteroatoms. The van der Waals surface area contributed by atoms with Gasteiger partial charge in [-0.05, 0) is 32.1 Å². The van der Waals surface area contributed by atoms with Crippen LogP contribution in [-0.2, 0) is 11.2 Å². The van der Waals surface area contributed by atoms with Crippen LogP contribution in [0, 0.1) is 0 Å². The van der Waals surface area contributed by atoms with Crippen molar-refractivity contribution in [2.45, 2.75) is 57.3 Å². The number of carbonyl (C=O) groups excluding carboxylic acids is 2. The zero-order valence-electron chi connectivity index (χ0n) is 15.2. The molecule has 0 bridgehead atoms. The van der Waals surface area contributed by atoms with Crippen molar-refractivity contribution in [1.29, 1.82) is 0 Å². The summed E-state index contributed by atoms with van der Waals surface area (Å²) in [5, 5.41) is 3.05. The van der Waals surface area contributed by atoms with E-state index in [9.17, 15) is 9.59 Å². The molecule has 5 nitrogen and oxygen atoms in total. The maximum absolute atomic E-state index is 12.0. The average molecular weight is 353 g/mol. The fourth-order valence-electron chi connectivity index (χ4n) is 3.59. The number of hydrogen-bond acceptors (Lipinski definition) is 3. The van der Waals surface area contributed by atoms with Gasteiger partial charge in [-0.1, -0.05) is 36.8 Å². The molecule has 0 saturated carbocycles. The Bertz CT molecular complexity index is 724. The number of imidazole rings is 1. The molecule has 1 aromatic carbocycles. The molecule has 1 unspecified atom stereocenters. The Balaban J connectivity index is 1.29. The minimum Gasteiger partial charge on any atom is -0.355 e. The molecule has 2 N–H and O–H groups in total. The molecular weight excluding hydrogens is 326 g/mol. The number of unbranched alkanes of at least 4 members (excludes halogenated alkanes) is 2. The smallest absolute Gasteiger partial charge is 0.220 e. The van der Waals surface area contributed by atoms with Crippen molar-refractivity contribution >= 4 is 11.7 Å². The lowest BCUT2D eigenvalue weighted by Gasteiger charge is -2.21. The summed E-state index contributed by atoms with van der Waals surface area (Å²) >= 11 is 0. The molecule has 1 amide bonds. The highest BCUT2D eigenvalue weighted by Crippen LogP contribution is 2.28. The van der Waals surface area contributed by atoms with Crippen LogP contribution in [0.15, 0.2) is 36.7 Å². The van der Waals surface area contributed by atoms with E-state index in [0.29, 0.717) is 25.3 Å². The number of H-pyrrole nitrogens is 1. The number of nitrogens with one attached hydrogen (secondary N) is 2. The number of fused-ring (bicyclic) bond motifs is 1. The highest BCUT2D eigenvalue weighted by molar-refractivity contribution is 5.95. The Morgan fingerprint density at radius 2 is 1.92 bits per heavy atom. The molecule has 0 saturated heterocycles. The van der Waals surface area contributed by atoms with E-state index < -0.39 is 0 Å². The van der Waals surface area contributed by atoms with Crippen molar-refractivity contribution in [2.24, 2.45) is 0 Å². The number of amides is 1. The first kappa shape index (κ1) is 18.4. The van der Waals surface area contributed by atoms with Gasteiger partial charge in [0.25, 0.3) is 0 Å². The van der Waals surface area contributed by atoms with E-state index in [0.717, 1.165) is 49.8 Å². The van der Waals surface area contributed by atoms with Gasteiger partial charge in [0.2, 0.25) is 5.91 Å². The van der Waals surface area contributed by atoms with Crippen LogP contribution in [0.2, 0.25) is 0 Å². The fourth-order valence-corrected chi connectivity index (χ4v) is 3.59. The number of aromatic amines is 1. The summed E-state index contributed by atoms with van der Waals surface area (Å²) in [5.74, 6) is 0.613. The molecule has 138 valence electrons. The SMILES string of the molecule is O=C(CCCCCC(=O)c1ccccc1)NCC1CCCc2[nH]cnc21. The van der Waals surface area contributed by atoms with Crippen LogP contribution in [0.5, 0.6) is 0 Å². The molecule has 1 aliphatic rings. The third-order valence-electron chi connectivity index (χ3n) is 5.07. The third-order valence-corrected chi connectivity index (χ3v) is 5.07. The van der Waals surface area contributed by atoms with E-state index in [-0.39, 0.29) is 11.7 Å². The zero-order valence-corrected chi connectivity index (χ0v) is 15.2. The van der Waals surface area contributed by atoms with Crippen molar-refractivity contribution in [3.8, 4) is 0 Å². The fraction of sp³-hybridized carbons (Fsp3) is 0.476. The Labute approximate surface area is 154 Å². The van der Waals surface area contributed by atoms with Crippen molar-refractivity contribution < 1.29 is 9.59 Å². The topological polar surface area (TPSA) is 74.8 Å². The Morgan fingerprint density at radius 1 is 1.12 bits per heavy atom. The maximum Gasteiger partial charge on any atom is 0.220 e. The number of rotatable bonds is 9. The molecule has 1 heterocycles. The molecule has 0 radical (unpaired) electrons. The van der Waals surface area contributed by atoms with E-state index in [1.807, 2.05) is 30.3 Å². The standard InChI is InChI=1S/C21H27N3O2/c25-19(16-8-3-1-4-9-16)12-5-2-6-13-20(26)22-14-17-10-7-11-18-21(17)24-15-23-18/h1,3-4,8-9,15,17H,2,5-7,10-14H2,(H,22,26)(H,23,24). The lowest BCUT2D eigenvalue weighted by Crippen LogP contribution is -2.29. The molecular formula is C21H27N3O2. The monoisotopic (exact) mass is 353 g/mol. The molecule has 0 fully saturated rings. The summed E-state index contributed by atoms with van der Waals surface area (Å²) in [7, 11) is 0. The van der Waals surface area contributed by atoms with Gasteiger partial charge in [0.1, 0.15) is 0 Å². The van der Waals surface area contributed by atoms with E-state index in [1.165, 1.54) is 5.69 Å². The zero-order chi connectivity index (χ0) is 18.2. The summed E-state index contributed by atoms with van der Waals surface area (Å²) in [6.07, 6.45) is 8.68. The number of ketones is 1. The molecule has 1 atom stereocenters. The number of aromatic nitrogens is 2. The molecule has 1 aliphatic carbocycles. The van der Waals surface area contributed by atoms with Gasteiger partial charge in [-0.3, -0.25) is 9.59 Å². The van der Waals surface area contributed by atoms with Gasteiger partial charge in [0.05, 0.1) is 12.0 Å². The lowest BCUT2D eigenvalue weighted by molar-refractivity contribution is -0.121. The molecule has 2 aromatic rings. The van der Waals surface area contributed by atoms with Gasteiger partial charge in [0, 0.05) is 36.6 Å². The minimum absolute atomic E-state index is 0.0991. The minimum atomic E-state index is 0.0991. The third kappa shape index (κ3) is 5.04. The summed E-state index contributed by atoms with van der Waals surface area (Å²) in [4.78, 5) is 31.7. The van der Waals surface area contributed by atoms with E-state index in [4.69, 9.17) is 0 Å². The van der Waals surface area contributed by atoms with Gasteiger partial charge in [0.15, 0.2) is 5.78 Å². The number of carbonyl (C=O) groups is 2. The van der Waals surface area contributed by atoms with Gasteiger partial charge < -0.3 is 10.3 Å². The quantitative estimate of drug-likeness (QED) is 0.532. The van der Waals surface area contributed by atoms with E-state index in [1.54, 1.807) is 6.33 Å². The van der Waals surface area contributed by atoms with Gasteiger partial charge in [-0.25, -0.2) is 4.98 Å². The second-order valence-corrected chi connectivity index (χ2v) is 7.01. The Hall–Kier alpha value is -2.43. The van der Waals surface area contributed by atoms with Crippen LogP contribution in [-0.4, -0.2) is 28.2 Å². The number of Topliss-reactive ketones (excluding diaryl/α,β-unsaturated/α-hetero) is 1. The molecule has 0 spiro atoms. The highest BCUT2D eigenvalue weighted by atomic mass is 16.1. The van der Waals surface area contributed by atoms with Crippen LogP contribution in [0.25, 0.3) is 0 Å². The lowest BCUT2D eigenvalue weighted by atomic mass is 9.90. The van der Waals surface area contributed by atoms with E-state index >= 15 is 0 Å². The van der Waals surface area contributed by atoms with E-state index in [2.05, 4.69) is 15.3 Å². The number of benzene rings is 1. The largest absolute Gasteiger partial charge is 0.355 e. The Kier molecular flexibility index (Phi) is 6.58. The van der Waals surface area contributed by atoms with Crippen LogP contribution in [0.3, 0.4) is 0 Å². The van der Waals surface area contributed by atoms with Crippen LogP contribution in [0.4, 0.5) is 0 Å². The summed E-state index contributed by atoms with van der Waals surface area (Å²) in [5.41, 5.74) is 3.12. The molecule has 1 aromatic heterocycles. The number of aryl methyl sites for hydroxylation is 1. The summed E-state index contributed by atoms with van der Waals surface area (Å²) < 4.78 is 0. The van der Waals surface area contributed by atoms with Crippen molar-refractivity contribution in [3.63, 3.8) is 0 Å². The van der Waals surface area contributed by atoms with Crippen LogP contribution >= 0.6 is 0 Å². The van der Waals surface area contributed by atoms with Crippen molar-refractivity contribution in [3.05, 3.63) is 53.6 Å². The first-order chi connectivity index (χ1) is 12.7. The first-order valence-electron chi connectivity index (χ1n) is 9.61. The van der Waals surface area contributed by atoms with Gasteiger partial charge >= 0.3 is 0 Å². The Morgan fingerprint density at radius 3 is 2.77 bits per heavy atom. The summed E-state index contributed by atoms with van der Waals surface area (Å²) in [6.45, 7) is 0.670. The second kappa shape index (κ2) is 9.32. The molecule has 0 aliphatic heterocycles. The predicted molar refractivity (Wildman–Crippen MR) is 101 cm³/mol. The van der Waals surface area contributed by atoms with Gasteiger partial charge in [-0.2, -0.15) is 0 Å². The second-order valence-electron chi connectivity index (χ2n) is 7.01. The van der Waals surface area contributed by atoms with Crippen LogP contribution < -0.4 is 5.32 Å². The summed E-state index contributed by atoms with van der Waals surface area (Å²) in [6, 6.07) is 9.39. The predicted octanol–water partition coefficient (Wildman–Crippen LogP) is 3.78. The van der Waals surface area contributed by atoms with Crippen LogP contribution in [0.1, 0.15) is 72.6 Å². The first-order valence-corrected chi connectivity index (χ1v) is 9.61.